The summed E-state index contributed by atoms with van der Waals surface area (Å²) in [6, 6.07) is 18.5. The van der Waals surface area contributed by atoms with Gasteiger partial charge in [-0.2, -0.15) is 5.10 Å². The minimum atomic E-state index is 0.846. The minimum absolute atomic E-state index is 0.846. The summed E-state index contributed by atoms with van der Waals surface area (Å²) in [5, 5.41) is 5.58. The number of quaternary nitrogens is 1. The first-order valence-electron chi connectivity index (χ1n) is 10.3. The van der Waals surface area contributed by atoms with E-state index >= 15 is 0 Å². The van der Waals surface area contributed by atoms with Gasteiger partial charge in [-0.3, -0.25) is 0 Å². The highest BCUT2D eigenvalue weighted by molar-refractivity contribution is 5.87. The smallest absolute Gasteiger partial charge is 0.168 e. The number of nitrogens with zero attached hydrogens (tertiary/aromatic N) is 5. The van der Waals surface area contributed by atoms with E-state index in [0.29, 0.717) is 0 Å². The van der Waals surface area contributed by atoms with E-state index in [1.807, 2.05) is 53.3 Å². The standard InChI is InChI=1S/C23H24N6O/c1-30-20-9-7-18(8-10-20)16-27-11-13-28(14-12-27)22-21-15-26-29(23(21)25-17-24-22)19-5-3-2-4-6-19/h2-10,15,17H,11-14,16H2,1H3/p+1. The monoisotopic (exact) mass is 401 g/mol. The average molecular weight is 401 g/mol. The van der Waals surface area contributed by atoms with Crippen LogP contribution in [0.3, 0.4) is 0 Å². The number of para-hydroxylation sites is 1. The number of fused-ring (bicyclic) bond motifs is 1. The first-order chi connectivity index (χ1) is 14.8. The van der Waals surface area contributed by atoms with Crippen molar-refractivity contribution in [2.75, 3.05) is 38.2 Å². The van der Waals surface area contributed by atoms with Crippen LogP contribution in [0.25, 0.3) is 16.7 Å². The summed E-state index contributed by atoms with van der Waals surface area (Å²) in [6.07, 6.45) is 3.53. The molecular weight excluding hydrogens is 376 g/mol. The lowest BCUT2D eigenvalue weighted by molar-refractivity contribution is -0.914. The van der Waals surface area contributed by atoms with Gasteiger partial charge in [-0.05, 0) is 36.4 Å². The van der Waals surface area contributed by atoms with Crippen LogP contribution >= 0.6 is 0 Å². The Morgan fingerprint density at radius 3 is 2.47 bits per heavy atom. The molecule has 0 atom stereocenters. The lowest BCUT2D eigenvalue weighted by Gasteiger charge is -2.33. The number of aromatic nitrogens is 4. The van der Waals surface area contributed by atoms with Gasteiger partial charge in [0.05, 0.1) is 50.6 Å². The van der Waals surface area contributed by atoms with Gasteiger partial charge in [-0.25, -0.2) is 14.6 Å². The van der Waals surface area contributed by atoms with Crippen LogP contribution in [0.1, 0.15) is 5.56 Å². The molecule has 0 spiro atoms. The van der Waals surface area contributed by atoms with Crippen molar-refractivity contribution in [1.82, 2.24) is 19.7 Å². The van der Waals surface area contributed by atoms with E-state index < -0.39 is 0 Å². The number of rotatable bonds is 5. The Balaban J connectivity index is 1.31. The first-order valence-corrected chi connectivity index (χ1v) is 10.3. The Hall–Kier alpha value is -3.45. The molecule has 30 heavy (non-hydrogen) atoms. The van der Waals surface area contributed by atoms with Gasteiger partial charge in [-0.15, -0.1) is 0 Å². The Bertz CT molecular complexity index is 1120. The van der Waals surface area contributed by atoms with Crippen LogP contribution < -0.4 is 14.5 Å². The molecule has 0 unspecified atom stereocenters. The fourth-order valence-corrected chi connectivity index (χ4v) is 4.09. The number of hydrogen-bond acceptors (Lipinski definition) is 5. The predicted octanol–water partition coefficient (Wildman–Crippen LogP) is 1.73. The van der Waals surface area contributed by atoms with Gasteiger partial charge in [0, 0.05) is 5.56 Å². The maximum atomic E-state index is 5.25. The van der Waals surface area contributed by atoms with Crippen LogP contribution in [0, 0.1) is 0 Å². The molecule has 1 aliphatic heterocycles. The van der Waals surface area contributed by atoms with Crippen molar-refractivity contribution in [3.8, 4) is 11.4 Å². The lowest BCUT2D eigenvalue weighted by Crippen LogP contribution is -3.13. The number of anilines is 1. The fourth-order valence-electron chi connectivity index (χ4n) is 4.09. The molecule has 7 heteroatoms. The Labute approximate surface area is 175 Å². The van der Waals surface area contributed by atoms with Crippen molar-refractivity contribution in [1.29, 1.82) is 0 Å². The van der Waals surface area contributed by atoms with Crippen LogP contribution in [0.15, 0.2) is 67.1 Å². The number of ether oxygens (including phenoxy) is 1. The van der Waals surface area contributed by atoms with Gasteiger partial charge < -0.3 is 14.5 Å². The molecule has 2 aromatic heterocycles. The molecule has 1 saturated heterocycles. The molecule has 1 fully saturated rings. The van der Waals surface area contributed by atoms with Gasteiger partial charge in [0.2, 0.25) is 0 Å². The van der Waals surface area contributed by atoms with Crippen LogP contribution in [0.4, 0.5) is 5.82 Å². The molecule has 4 aromatic rings. The summed E-state index contributed by atoms with van der Waals surface area (Å²) < 4.78 is 7.14. The second kappa shape index (κ2) is 8.12. The lowest BCUT2D eigenvalue weighted by atomic mass is 10.2. The number of benzene rings is 2. The molecule has 3 heterocycles. The molecule has 5 rings (SSSR count). The highest BCUT2D eigenvalue weighted by Gasteiger charge is 2.23. The topological polar surface area (TPSA) is 60.5 Å². The Morgan fingerprint density at radius 2 is 1.73 bits per heavy atom. The molecule has 2 aromatic carbocycles. The van der Waals surface area contributed by atoms with E-state index in [2.05, 4.69) is 32.1 Å². The van der Waals surface area contributed by atoms with Crippen molar-refractivity contribution < 1.29 is 9.64 Å². The molecule has 0 bridgehead atoms. The van der Waals surface area contributed by atoms with Crippen LogP contribution in [-0.2, 0) is 6.54 Å². The van der Waals surface area contributed by atoms with E-state index in [-0.39, 0.29) is 0 Å². The van der Waals surface area contributed by atoms with E-state index in [1.54, 1.807) is 18.3 Å². The Morgan fingerprint density at radius 1 is 0.967 bits per heavy atom. The largest absolute Gasteiger partial charge is 0.497 e. The molecule has 0 amide bonds. The highest BCUT2D eigenvalue weighted by Crippen LogP contribution is 2.24. The number of hydrogen-bond donors (Lipinski definition) is 1. The van der Waals surface area contributed by atoms with E-state index in [0.717, 1.165) is 61.0 Å². The molecule has 1 N–H and O–H groups in total. The number of nitrogens with one attached hydrogen (secondary N) is 1. The highest BCUT2D eigenvalue weighted by atomic mass is 16.5. The SMILES string of the molecule is COc1ccc(C[NH+]2CCN(c3ncnc4c3cnn4-c3ccccc3)CC2)cc1. The zero-order valence-electron chi connectivity index (χ0n) is 17.0. The third-order valence-electron chi connectivity index (χ3n) is 5.73. The van der Waals surface area contributed by atoms with Gasteiger partial charge in [-0.1, -0.05) is 18.2 Å². The fraction of sp³-hybridized carbons (Fsp3) is 0.261. The van der Waals surface area contributed by atoms with Gasteiger partial charge in [0.15, 0.2) is 5.65 Å². The maximum absolute atomic E-state index is 5.25. The molecule has 0 radical (unpaired) electrons. The van der Waals surface area contributed by atoms with Crippen LogP contribution in [-0.4, -0.2) is 53.0 Å². The predicted molar refractivity (Wildman–Crippen MR) is 116 cm³/mol. The molecule has 0 saturated carbocycles. The molecule has 152 valence electrons. The third-order valence-corrected chi connectivity index (χ3v) is 5.73. The van der Waals surface area contributed by atoms with Crippen molar-refractivity contribution in [3.63, 3.8) is 0 Å². The zero-order valence-corrected chi connectivity index (χ0v) is 17.0. The summed E-state index contributed by atoms with van der Waals surface area (Å²) in [5.74, 6) is 1.88. The van der Waals surface area contributed by atoms with Crippen molar-refractivity contribution in [2.24, 2.45) is 0 Å². The molecule has 0 aliphatic carbocycles. The normalized spacial score (nSPS) is 14.9. The Kier molecular flexibility index (Phi) is 5.03. The second-order valence-corrected chi connectivity index (χ2v) is 7.59. The van der Waals surface area contributed by atoms with Gasteiger partial charge >= 0.3 is 0 Å². The zero-order chi connectivity index (χ0) is 20.3. The molecule has 1 aliphatic rings. The number of piperazine rings is 1. The minimum Gasteiger partial charge on any atom is -0.497 e. The second-order valence-electron chi connectivity index (χ2n) is 7.59. The van der Waals surface area contributed by atoms with Crippen LogP contribution in [0.5, 0.6) is 5.75 Å². The molecule has 7 nitrogen and oxygen atoms in total. The van der Waals surface area contributed by atoms with Crippen molar-refractivity contribution >= 4 is 16.9 Å². The quantitative estimate of drug-likeness (QED) is 0.552. The van der Waals surface area contributed by atoms with Crippen molar-refractivity contribution in [2.45, 2.75) is 6.54 Å². The summed E-state index contributed by atoms with van der Waals surface area (Å²) in [5.41, 5.74) is 3.19. The number of methoxy groups -OCH3 is 1. The van der Waals surface area contributed by atoms with Crippen LogP contribution in [0.2, 0.25) is 0 Å². The average Bonchev–Trinajstić information content (AvgIpc) is 3.25. The summed E-state index contributed by atoms with van der Waals surface area (Å²) in [6.45, 7) is 5.11. The van der Waals surface area contributed by atoms with E-state index in [4.69, 9.17) is 4.74 Å². The summed E-state index contributed by atoms with van der Waals surface area (Å²) >= 11 is 0. The van der Waals surface area contributed by atoms with Gasteiger partial charge in [0.25, 0.3) is 0 Å². The van der Waals surface area contributed by atoms with E-state index in [9.17, 15) is 0 Å². The van der Waals surface area contributed by atoms with Gasteiger partial charge in [0.1, 0.15) is 24.4 Å². The molecular formula is C23H25N6O+. The summed E-state index contributed by atoms with van der Waals surface area (Å²) in [7, 11) is 1.70. The maximum Gasteiger partial charge on any atom is 0.168 e. The van der Waals surface area contributed by atoms with Crippen molar-refractivity contribution in [3.05, 3.63) is 72.7 Å². The third kappa shape index (κ3) is 3.59. The van der Waals surface area contributed by atoms with E-state index in [1.165, 1.54) is 5.56 Å². The first kappa shape index (κ1) is 18.6. The summed E-state index contributed by atoms with van der Waals surface area (Å²) in [4.78, 5) is 13.1.